The van der Waals surface area contributed by atoms with Gasteiger partial charge in [-0.25, -0.2) is 9.78 Å². The predicted octanol–water partition coefficient (Wildman–Crippen LogP) is 4.20. The van der Waals surface area contributed by atoms with Crippen LogP contribution in [0.4, 0.5) is 10.5 Å². The highest BCUT2D eigenvalue weighted by Gasteiger charge is 2.21. The SMILES string of the molecule is CCCO[C@H]1CCCN(C(=O)Nc2ccc3oc(CC)nc3c2)CC1. The zero-order valence-corrected chi connectivity index (χ0v) is 15.1. The Hall–Kier alpha value is -2.08. The Balaban J connectivity index is 1.59. The number of aromatic nitrogens is 1. The van der Waals surface area contributed by atoms with Crippen LogP contribution in [0.5, 0.6) is 0 Å². The number of hydrogen-bond acceptors (Lipinski definition) is 4. The van der Waals surface area contributed by atoms with Gasteiger partial charge in [-0.05, 0) is 43.9 Å². The molecule has 1 aliphatic heterocycles. The summed E-state index contributed by atoms with van der Waals surface area (Å²) in [5, 5.41) is 2.98. The molecule has 0 saturated carbocycles. The minimum absolute atomic E-state index is 0.0605. The van der Waals surface area contributed by atoms with Crippen LogP contribution in [0.1, 0.15) is 45.4 Å². The van der Waals surface area contributed by atoms with E-state index in [2.05, 4.69) is 17.2 Å². The summed E-state index contributed by atoms with van der Waals surface area (Å²) in [7, 11) is 0. The molecule has 0 bridgehead atoms. The summed E-state index contributed by atoms with van der Waals surface area (Å²) < 4.78 is 11.4. The lowest BCUT2D eigenvalue weighted by molar-refractivity contribution is 0.0446. The third kappa shape index (κ3) is 4.51. The van der Waals surface area contributed by atoms with Gasteiger partial charge in [0, 0.05) is 31.8 Å². The fraction of sp³-hybridized carbons (Fsp3) is 0.579. The molecule has 1 N–H and O–H groups in total. The molecule has 3 rings (SSSR count). The summed E-state index contributed by atoms with van der Waals surface area (Å²) in [5.41, 5.74) is 2.27. The van der Waals surface area contributed by atoms with Crippen molar-refractivity contribution in [2.24, 2.45) is 0 Å². The molecule has 0 spiro atoms. The first-order chi connectivity index (χ1) is 12.2. The van der Waals surface area contributed by atoms with Crippen LogP contribution in [0.3, 0.4) is 0 Å². The van der Waals surface area contributed by atoms with Crippen LogP contribution >= 0.6 is 0 Å². The molecule has 2 heterocycles. The maximum atomic E-state index is 12.6. The predicted molar refractivity (Wildman–Crippen MR) is 97.9 cm³/mol. The third-order valence-electron chi connectivity index (χ3n) is 4.51. The summed E-state index contributed by atoms with van der Waals surface area (Å²) in [6, 6.07) is 5.51. The van der Waals surface area contributed by atoms with E-state index in [1.54, 1.807) is 0 Å². The van der Waals surface area contributed by atoms with Crippen LogP contribution in [0.2, 0.25) is 0 Å². The van der Waals surface area contributed by atoms with E-state index in [0.29, 0.717) is 5.89 Å². The van der Waals surface area contributed by atoms with E-state index in [9.17, 15) is 4.79 Å². The fourth-order valence-corrected chi connectivity index (χ4v) is 3.13. The van der Waals surface area contributed by atoms with E-state index in [0.717, 1.165) is 68.6 Å². The third-order valence-corrected chi connectivity index (χ3v) is 4.51. The molecule has 6 nitrogen and oxygen atoms in total. The van der Waals surface area contributed by atoms with Crippen molar-refractivity contribution in [1.82, 2.24) is 9.88 Å². The van der Waals surface area contributed by atoms with E-state index in [-0.39, 0.29) is 12.1 Å². The quantitative estimate of drug-likeness (QED) is 0.882. The van der Waals surface area contributed by atoms with Crippen LogP contribution < -0.4 is 5.32 Å². The first-order valence-corrected chi connectivity index (χ1v) is 9.26. The van der Waals surface area contributed by atoms with Crippen molar-refractivity contribution in [2.45, 2.75) is 52.1 Å². The van der Waals surface area contributed by atoms with Crippen molar-refractivity contribution in [3.63, 3.8) is 0 Å². The standard InChI is InChI=1S/C19H27N3O3/c1-3-12-24-15-6-5-10-22(11-9-15)19(23)20-14-7-8-17-16(13-14)21-18(4-2)25-17/h7-8,13,15H,3-6,9-12H2,1-2H3,(H,20,23)/t15-/m0/s1. The lowest BCUT2D eigenvalue weighted by Crippen LogP contribution is -2.36. The number of hydrogen-bond donors (Lipinski definition) is 1. The number of amides is 2. The van der Waals surface area contributed by atoms with Gasteiger partial charge in [-0.3, -0.25) is 0 Å². The topological polar surface area (TPSA) is 67.6 Å². The molecule has 136 valence electrons. The molecule has 6 heteroatoms. The van der Waals surface area contributed by atoms with E-state index >= 15 is 0 Å². The second kappa shape index (κ2) is 8.34. The average molecular weight is 345 g/mol. The van der Waals surface area contributed by atoms with Gasteiger partial charge in [-0.15, -0.1) is 0 Å². The molecule has 0 radical (unpaired) electrons. The molecule has 2 amide bonds. The summed E-state index contributed by atoms with van der Waals surface area (Å²) in [4.78, 5) is 18.9. The number of nitrogens with zero attached hydrogens (tertiary/aromatic N) is 2. The van der Waals surface area contributed by atoms with Gasteiger partial charge in [0.25, 0.3) is 0 Å². The molecular formula is C19H27N3O3. The number of carbonyl (C=O) groups is 1. The van der Waals surface area contributed by atoms with Crippen LogP contribution in [0, 0.1) is 0 Å². The molecule has 1 atom stereocenters. The molecule has 25 heavy (non-hydrogen) atoms. The van der Waals surface area contributed by atoms with Crippen LogP contribution in [-0.4, -0.2) is 41.7 Å². The number of likely N-dealkylation sites (tertiary alicyclic amines) is 1. The van der Waals surface area contributed by atoms with Gasteiger partial charge in [-0.2, -0.15) is 0 Å². The molecule has 0 aliphatic carbocycles. The summed E-state index contributed by atoms with van der Waals surface area (Å²) in [6.45, 7) is 6.42. The van der Waals surface area contributed by atoms with E-state index < -0.39 is 0 Å². The van der Waals surface area contributed by atoms with Crippen LogP contribution in [0.25, 0.3) is 11.1 Å². The second-order valence-corrected chi connectivity index (χ2v) is 6.48. The minimum atomic E-state index is -0.0605. The molecular weight excluding hydrogens is 318 g/mol. The van der Waals surface area contributed by atoms with Crippen molar-refractivity contribution in [1.29, 1.82) is 0 Å². The first-order valence-electron chi connectivity index (χ1n) is 9.26. The Morgan fingerprint density at radius 2 is 2.24 bits per heavy atom. The highest BCUT2D eigenvalue weighted by molar-refractivity contribution is 5.91. The van der Waals surface area contributed by atoms with Crippen molar-refractivity contribution in [2.75, 3.05) is 25.0 Å². The lowest BCUT2D eigenvalue weighted by atomic mass is 10.2. The van der Waals surface area contributed by atoms with Gasteiger partial charge in [0.1, 0.15) is 5.52 Å². The summed E-state index contributed by atoms with van der Waals surface area (Å²) in [6.07, 6.45) is 4.96. The van der Waals surface area contributed by atoms with Gasteiger partial charge in [0.05, 0.1) is 6.10 Å². The zero-order valence-electron chi connectivity index (χ0n) is 15.1. The van der Waals surface area contributed by atoms with Gasteiger partial charge < -0.3 is 19.4 Å². The summed E-state index contributed by atoms with van der Waals surface area (Å²) in [5.74, 6) is 0.712. The minimum Gasteiger partial charge on any atom is -0.441 e. The van der Waals surface area contributed by atoms with Gasteiger partial charge >= 0.3 is 6.03 Å². The number of nitrogens with one attached hydrogen (secondary N) is 1. The van der Waals surface area contributed by atoms with Gasteiger partial charge in [0.15, 0.2) is 11.5 Å². The second-order valence-electron chi connectivity index (χ2n) is 6.48. The number of fused-ring (bicyclic) bond motifs is 1. The Morgan fingerprint density at radius 3 is 3.04 bits per heavy atom. The number of anilines is 1. The number of oxazole rings is 1. The van der Waals surface area contributed by atoms with Crippen molar-refractivity contribution in [3.05, 3.63) is 24.1 Å². The highest BCUT2D eigenvalue weighted by Crippen LogP contribution is 2.21. The molecule has 1 aromatic heterocycles. The Labute approximate surface area is 148 Å². The number of aryl methyl sites for hydroxylation is 1. The van der Waals surface area contributed by atoms with E-state index in [4.69, 9.17) is 9.15 Å². The van der Waals surface area contributed by atoms with Crippen molar-refractivity contribution < 1.29 is 13.9 Å². The maximum absolute atomic E-state index is 12.6. The Morgan fingerprint density at radius 1 is 1.36 bits per heavy atom. The molecule has 1 fully saturated rings. The maximum Gasteiger partial charge on any atom is 0.321 e. The molecule has 2 aromatic rings. The monoisotopic (exact) mass is 345 g/mol. The number of benzene rings is 1. The summed E-state index contributed by atoms with van der Waals surface area (Å²) >= 11 is 0. The van der Waals surface area contributed by atoms with E-state index in [1.807, 2.05) is 30.0 Å². The number of ether oxygens (including phenoxy) is 1. The smallest absolute Gasteiger partial charge is 0.321 e. The molecule has 1 saturated heterocycles. The molecule has 1 aromatic carbocycles. The Bertz CT molecular complexity index is 713. The van der Waals surface area contributed by atoms with Crippen LogP contribution in [0.15, 0.2) is 22.6 Å². The molecule has 1 aliphatic rings. The lowest BCUT2D eigenvalue weighted by Gasteiger charge is -2.21. The van der Waals surface area contributed by atoms with E-state index in [1.165, 1.54) is 0 Å². The fourth-order valence-electron chi connectivity index (χ4n) is 3.13. The van der Waals surface area contributed by atoms with Gasteiger partial charge in [-0.1, -0.05) is 13.8 Å². The first kappa shape index (κ1) is 17.7. The largest absolute Gasteiger partial charge is 0.441 e. The average Bonchev–Trinajstić information content (AvgIpc) is 2.88. The highest BCUT2D eigenvalue weighted by atomic mass is 16.5. The normalized spacial score (nSPS) is 18.3. The number of urea groups is 1. The van der Waals surface area contributed by atoms with Crippen molar-refractivity contribution in [3.8, 4) is 0 Å². The number of rotatable bonds is 5. The van der Waals surface area contributed by atoms with Crippen molar-refractivity contribution >= 4 is 22.8 Å². The number of carbonyl (C=O) groups excluding carboxylic acids is 1. The van der Waals surface area contributed by atoms with Gasteiger partial charge in [0.2, 0.25) is 0 Å². The molecule has 0 unspecified atom stereocenters. The Kier molecular flexibility index (Phi) is 5.91. The van der Waals surface area contributed by atoms with Crippen LogP contribution in [-0.2, 0) is 11.2 Å². The zero-order chi connectivity index (χ0) is 17.6.